The Morgan fingerprint density at radius 2 is 2.00 bits per heavy atom. The summed E-state index contributed by atoms with van der Waals surface area (Å²) in [6.45, 7) is 2.03. The van der Waals surface area contributed by atoms with Crippen LogP contribution in [0.3, 0.4) is 0 Å². The number of benzene rings is 1. The van der Waals surface area contributed by atoms with Crippen molar-refractivity contribution in [3.05, 3.63) is 42.1 Å². The van der Waals surface area contributed by atoms with E-state index < -0.39 is 0 Å². The number of aromatic nitrogens is 2. The number of nitrogens with one attached hydrogen (secondary N) is 2. The van der Waals surface area contributed by atoms with Crippen LogP contribution in [0.2, 0.25) is 0 Å². The average molecular weight is 215 g/mol. The summed E-state index contributed by atoms with van der Waals surface area (Å²) in [5, 5.41) is 3.20. The fourth-order valence-corrected chi connectivity index (χ4v) is 1.35. The van der Waals surface area contributed by atoms with Crippen LogP contribution >= 0.6 is 0 Å². The maximum absolute atomic E-state index is 5.24. The SMILES string of the molecule is Cc1ccccc1Nc1ccnc(NN)n1. The van der Waals surface area contributed by atoms with Gasteiger partial charge in [0.05, 0.1) is 0 Å². The van der Waals surface area contributed by atoms with Gasteiger partial charge in [-0.1, -0.05) is 18.2 Å². The largest absolute Gasteiger partial charge is 0.340 e. The van der Waals surface area contributed by atoms with Gasteiger partial charge in [-0.15, -0.1) is 0 Å². The summed E-state index contributed by atoms with van der Waals surface area (Å²) in [4.78, 5) is 8.10. The number of aryl methyl sites for hydroxylation is 1. The summed E-state index contributed by atoms with van der Waals surface area (Å²) in [7, 11) is 0. The smallest absolute Gasteiger partial charge is 0.239 e. The maximum Gasteiger partial charge on any atom is 0.239 e. The molecule has 4 N–H and O–H groups in total. The average Bonchev–Trinajstić information content (AvgIpc) is 2.32. The molecule has 0 bridgehead atoms. The Kier molecular flexibility index (Phi) is 2.98. The first-order valence-electron chi connectivity index (χ1n) is 4.92. The Bertz CT molecular complexity index is 483. The quantitative estimate of drug-likeness (QED) is 0.537. The Morgan fingerprint density at radius 1 is 1.19 bits per heavy atom. The number of rotatable bonds is 3. The van der Waals surface area contributed by atoms with E-state index in [9.17, 15) is 0 Å². The van der Waals surface area contributed by atoms with Gasteiger partial charge in [0.1, 0.15) is 5.82 Å². The van der Waals surface area contributed by atoms with E-state index in [-0.39, 0.29) is 0 Å². The van der Waals surface area contributed by atoms with Gasteiger partial charge in [-0.3, -0.25) is 5.43 Å². The van der Waals surface area contributed by atoms with E-state index in [1.54, 1.807) is 12.3 Å². The van der Waals surface area contributed by atoms with Crippen molar-refractivity contribution in [2.75, 3.05) is 10.7 Å². The minimum atomic E-state index is 0.388. The van der Waals surface area contributed by atoms with E-state index in [1.165, 1.54) is 0 Å². The van der Waals surface area contributed by atoms with Crippen LogP contribution in [0.5, 0.6) is 0 Å². The molecule has 1 heterocycles. The second-order valence-corrected chi connectivity index (χ2v) is 3.35. The zero-order chi connectivity index (χ0) is 11.4. The highest BCUT2D eigenvalue weighted by Gasteiger charge is 2.00. The number of hydrazine groups is 1. The van der Waals surface area contributed by atoms with Gasteiger partial charge in [-0.05, 0) is 24.6 Å². The normalized spacial score (nSPS) is 9.88. The fraction of sp³-hybridized carbons (Fsp3) is 0.0909. The van der Waals surface area contributed by atoms with E-state index in [4.69, 9.17) is 5.84 Å². The molecule has 0 atom stereocenters. The first-order chi connectivity index (χ1) is 7.79. The van der Waals surface area contributed by atoms with Gasteiger partial charge < -0.3 is 5.32 Å². The number of anilines is 3. The van der Waals surface area contributed by atoms with Gasteiger partial charge >= 0.3 is 0 Å². The Balaban J connectivity index is 2.24. The summed E-state index contributed by atoms with van der Waals surface area (Å²) in [5.41, 5.74) is 4.58. The highest BCUT2D eigenvalue weighted by molar-refractivity contribution is 5.60. The number of hydrogen-bond acceptors (Lipinski definition) is 5. The van der Waals surface area contributed by atoms with Crippen molar-refractivity contribution in [3.8, 4) is 0 Å². The van der Waals surface area contributed by atoms with E-state index in [0.717, 1.165) is 11.3 Å². The van der Waals surface area contributed by atoms with Crippen LogP contribution in [0.25, 0.3) is 0 Å². The van der Waals surface area contributed by atoms with Crippen molar-refractivity contribution in [3.63, 3.8) is 0 Å². The van der Waals surface area contributed by atoms with Crippen LogP contribution < -0.4 is 16.6 Å². The molecule has 0 aliphatic rings. The Hall–Kier alpha value is -2.14. The third kappa shape index (κ3) is 2.26. The molecule has 2 aromatic rings. The summed E-state index contributed by atoms with van der Waals surface area (Å²) in [6.07, 6.45) is 1.64. The summed E-state index contributed by atoms with van der Waals surface area (Å²) in [6, 6.07) is 9.78. The van der Waals surface area contributed by atoms with E-state index in [0.29, 0.717) is 11.8 Å². The molecule has 0 fully saturated rings. The molecule has 1 aromatic carbocycles. The maximum atomic E-state index is 5.24. The topological polar surface area (TPSA) is 75.9 Å². The molecule has 82 valence electrons. The molecule has 2 rings (SSSR count). The van der Waals surface area contributed by atoms with Crippen molar-refractivity contribution in [2.24, 2.45) is 5.84 Å². The Morgan fingerprint density at radius 3 is 2.75 bits per heavy atom. The zero-order valence-corrected chi connectivity index (χ0v) is 8.94. The lowest BCUT2D eigenvalue weighted by atomic mass is 10.2. The number of para-hydroxylation sites is 1. The second kappa shape index (κ2) is 4.59. The number of nitrogens with two attached hydrogens (primary N) is 1. The van der Waals surface area contributed by atoms with Gasteiger partial charge in [0, 0.05) is 11.9 Å². The lowest BCUT2D eigenvalue weighted by Crippen LogP contribution is -2.10. The first-order valence-corrected chi connectivity index (χ1v) is 4.92. The van der Waals surface area contributed by atoms with Gasteiger partial charge in [0.15, 0.2) is 0 Å². The third-order valence-corrected chi connectivity index (χ3v) is 2.19. The van der Waals surface area contributed by atoms with Crippen molar-refractivity contribution < 1.29 is 0 Å². The van der Waals surface area contributed by atoms with Crippen LogP contribution in [-0.4, -0.2) is 9.97 Å². The molecule has 0 aliphatic heterocycles. The summed E-state index contributed by atoms with van der Waals surface area (Å²) >= 11 is 0. The second-order valence-electron chi connectivity index (χ2n) is 3.35. The summed E-state index contributed by atoms with van der Waals surface area (Å²) in [5.74, 6) is 6.33. The first kappa shape index (κ1) is 10.4. The van der Waals surface area contributed by atoms with Gasteiger partial charge in [0.2, 0.25) is 5.95 Å². The van der Waals surface area contributed by atoms with Crippen molar-refractivity contribution >= 4 is 17.5 Å². The lowest BCUT2D eigenvalue weighted by Gasteiger charge is -2.08. The lowest BCUT2D eigenvalue weighted by molar-refractivity contribution is 1.12. The molecule has 1 aromatic heterocycles. The molecule has 16 heavy (non-hydrogen) atoms. The Labute approximate surface area is 93.7 Å². The molecule has 0 spiro atoms. The molecule has 5 heteroatoms. The van der Waals surface area contributed by atoms with Crippen molar-refractivity contribution in [1.82, 2.24) is 9.97 Å². The standard InChI is InChI=1S/C11H13N5/c1-8-4-2-3-5-9(8)14-10-6-7-13-11(15-10)16-12/h2-7H,12H2,1H3,(H2,13,14,15,16). The monoisotopic (exact) mass is 215 g/mol. The molecule has 0 aliphatic carbocycles. The number of hydrogen-bond donors (Lipinski definition) is 3. The molecular weight excluding hydrogens is 202 g/mol. The van der Waals surface area contributed by atoms with E-state index in [1.807, 2.05) is 31.2 Å². The van der Waals surface area contributed by atoms with E-state index in [2.05, 4.69) is 20.7 Å². The molecule has 0 saturated carbocycles. The zero-order valence-electron chi connectivity index (χ0n) is 8.94. The molecular formula is C11H13N5. The predicted molar refractivity (Wildman–Crippen MR) is 64.3 cm³/mol. The van der Waals surface area contributed by atoms with Crippen LogP contribution in [0.4, 0.5) is 17.5 Å². The highest BCUT2D eigenvalue weighted by Crippen LogP contribution is 2.18. The van der Waals surface area contributed by atoms with Crippen LogP contribution in [0, 0.1) is 6.92 Å². The van der Waals surface area contributed by atoms with E-state index >= 15 is 0 Å². The molecule has 0 amide bonds. The van der Waals surface area contributed by atoms with Gasteiger partial charge in [-0.2, -0.15) is 4.98 Å². The van der Waals surface area contributed by atoms with Crippen LogP contribution in [0.1, 0.15) is 5.56 Å². The fourth-order valence-electron chi connectivity index (χ4n) is 1.35. The molecule has 5 nitrogen and oxygen atoms in total. The summed E-state index contributed by atoms with van der Waals surface area (Å²) < 4.78 is 0. The minimum absolute atomic E-state index is 0.388. The van der Waals surface area contributed by atoms with Crippen molar-refractivity contribution in [2.45, 2.75) is 6.92 Å². The minimum Gasteiger partial charge on any atom is -0.340 e. The van der Waals surface area contributed by atoms with Crippen LogP contribution in [0.15, 0.2) is 36.5 Å². The number of nitrogens with zero attached hydrogens (tertiary/aromatic N) is 2. The molecule has 0 radical (unpaired) electrons. The molecule has 0 saturated heterocycles. The number of nitrogen functional groups attached to an aromatic ring is 1. The van der Waals surface area contributed by atoms with Crippen molar-refractivity contribution in [1.29, 1.82) is 0 Å². The van der Waals surface area contributed by atoms with Gasteiger partial charge in [0.25, 0.3) is 0 Å². The predicted octanol–water partition coefficient (Wildman–Crippen LogP) is 1.81. The highest BCUT2D eigenvalue weighted by atomic mass is 15.3. The molecule has 0 unspecified atom stereocenters. The van der Waals surface area contributed by atoms with Crippen LogP contribution in [-0.2, 0) is 0 Å². The third-order valence-electron chi connectivity index (χ3n) is 2.19. The van der Waals surface area contributed by atoms with Gasteiger partial charge in [-0.25, -0.2) is 10.8 Å².